The predicted molar refractivity (Wildman–Crippen MR) is 60.0 cm³/mol. The van der Waals surface area contributed by atoms with Crippen LogP contribution in [0.1, 0.15) is 17.3 Å². The number of esters is 1. The fourth-order valence-corrected chi connectivity index (χ4v) is 1.15. The van der Waals surface area contributed by atoms with Crippen molar-refractivity contribution < 1.29 is 18.7 Å². The number of rotatable bonds is 3. The van der Waals surface area contributed by atoms with Gasteiger partial charge in [-0.25, -0.2) is 9.18 Å². The number of nitrogens with two attached hydrogens (primary N) is 1. The minimum Gasteiger partial charge on any atom is -0.465 e. The summed E-state index contributed by atoms with van der Waals surface area (Å²) in [5.41, 5.74) is 5.47. The second-order valence-corrected chi connectivity index (χ2v) is 3.46. The van der Waals surface area contributed by atoms with E-state index in [0.717, 1.165) is 12.1 Å². The molecule has 1 aromatic carbocycles. The number of hydrogen-bond donors (Lipinski definition) is 2. The molecule has 3 N–H and O–H groups in total. The second-order valence-electron chi connectivity index (χ2n) is 3.46. The van der Waals surface area contributed by atoms with Crippen molar-refractivity contribution >= 4 is 17.6 Å². The van der Waals surface area contributed by atoms with Crippen LogP contribution in [-0.2, 0) is 9.53 Å². The Morgan fingerprint density at radius 1 is 1.47 bits per heavy atom. The average Bonchev–Trinajstić information content (AvgIpc) is 2.28. The molecule has 1 rings (SSSR count). The van der Waals surface area contributed by atoms with Crippen molar-refractivity contribution in [1.29, 1.82) is 0 Å². The molecular weight excluding hydrogens is 227 g/mol. The third kappa shape index (κ3) is 3.25. The van der Waals surface area contributed by atoms with E-state index in [-0.39, 0.29) is 11.3 Å². The Kier molecular flexibility index (Phi) is 4.17. The summed E-state index contributed by atoms with van der Waals surface area (Å²) < 4.78 is 17.5. The third-order valence-electron chi connectivity index (χ3n) is 2.06. The molecule has 0 aliphatic heterocycles. The first kappa shape index (κ1) is 13.1. The number of anilines is 1. The minimum atomic E-state index is -0.760. The van der Waals surface area contributed by atoms with E-state index in [2.05, 4.69) is 10.1 Å². The van der Waals surface area contributed by atoms with Crippen molar-refractivity contribution in [1.82, 2.24) is 0 Å². The van der Waals surface area contributed by atoms with Gasteiger partial charge in [0.2, 0.25) is 5.91 Å². The Morgan fingerprint density at radius 3 is 2.65 bits per heavy atom. The topological polar surface area (TPSA) is 81.4 Å². The highest BCUT2D eigenvalue weighted by atomic mass is 19.1. The van der Waals surface area contributed by atoms with Gasteiger partial charge in [0.05, 0.1) is 24.4 Å². The van der Waals surface area contributed by atoms with Gasteiger partial charge in [-0.1, -0.05) is 0 Å². The lowest BCUT2D eigenvalue weighted by Crippen LogP contribution is -2.33. The molecule has 5 nitrogen and oxygen atoms in total. The second kappa shape index (κ2) is 5.40. The van der Waals surface area contributed by atoms with Gasteiger partial charge in [0, 0.05) is 0 Å². The third-order valence-corrected chi connectivity index (χ3v) is 2.06. The summed E-state index contributed by atoms with van der Waals surface area (Å²) in [7, 11) is 1.20. The van der Waals surface area contributed by atoms with Crippen LogP contribution in [0.2, 0.25) is 0 Å². The molecule has 0 fully saturated rings. The minimum absolute atomic E-state index is 0.0409. The molecule has 0 unspecified atom stereocenters. The molecule has 0 bridgehead atoms. The van der Waals surface area contributed by atoms with E-state index >= 15 is 0 Å². The lowest BCUT2D eigenvalue weighted by Gasteiger charge is -2.11. The van der Waals surface area contributed by atoms with Crippen LogP contribution in [0.15, 0.2) is 18.2 Å². The Labute approximate surface area is 97.7 Å². The van der Waals surface area contributed by atoms with Crippen LogP contribution in [-0.4, -0.2) is 25.0 Å². The largest absolute Gasteiger partial charge is 0.465 e. The SMILES string of the molecule is COC(=O)c1ccc(F)cc1NC(=O)[C@H](C)N. The standard InChI is InChI=1S/C11H13FN2O3/c1-6(13)10(15)14-9-5-7(12)3-4-8(9)11(16)17-2/h3-6H,13H2,1-2H3,(H,14,15)/t6-/m0/s1. The van der Waals surface area contributed by atoms with E-state index < -0.39 is 23.7 Å². The van der Waals surface area contributed by atoms with E-state index in [1.165, 1.54) is 20.1 Å². The van der Waals surface area contributed by atoms with Crippen molar-refractivity contribution in [3.8, 4) is 0 Å². The van der Waals surface area contributed by atoms with E-state index in [1.54, 1.807) is 0 Å². The highest BCUT2D eigenvalue weighted by Crippen LogP contribution is 2.18. The monoisotopic (exact) mass is 240 g/mol. The molecule has 0 saturated carbocycles. The molecule has 1 aromatic rings. The zero-order valence-corrected chi connectivity index (χ0v) is 9.49. The van der Waals surface area contributed by atoms with Gasteiger partial charge in [0.1, 0.15) is 5.82 Å². The predicted octanol–water partition coefficient (Wildman–Crippen LogP) is 0.898. The maximum atomic E-state index is 13.0. The molecule has 0 heterocycles. The molecule has 17 heavy (non-hydrogen) atoms. The summed E-state index contributed by atoms with van der Waals surface area (Å²) in [5, 5.41) is 2.36. The average molecular weight is 240 g/mol. The van der Waals surface area contributed by atoms with Crippen LogP contribution >= 0.6 is 0 Å². The van der Waals surface area contributed by atoms with Gasteiger partial charge in [-0.2, -0.15) is 0 Å². The van der Waals surface area contributed by atoms with Gasteiger partial charge in [-0.05, 0) is 25.1 Å². The Bertz CT molecular complexity index is 446. The molecule has 1 atom stereocenters. The first-order valence-corrected chi connectivity index (χ1v) is 4.90. The maximum absolute atomic E-state index is 13.0. The lowest BCUT2D eigenvalue weighted by molar-refractivity contribution is -0.117. The molecule has 1 amide bonds. The fraction of sp³-hybridized carbons (Fsp3) is 0.273. The van der Waals surface area contributed by atoms with Crippen LogP contribution in [0, 0.1) is 5.82 Å². The Morgan fingerprint density at radius 2 is 2.12 bits per heavy atom. The zero-order chi connectivity index (χ0) is 13.0. The van der Waals surface area contributed by atoms with Gasteiger partial charge >= 0.3 is 5.97 Å². The summed E-state index contributed by atoms with van der Waals surface area (Å²) >= 11 is 0. The van der Waals surface area contributed by atoms with Crippen molar-refractivity contribution in [2.75, 3.05) is 12.4 Å². The molecule has 0 saturated heterocycles. The summed E-state index contributed by atoms with van der Waals surface area (Å²) in [4.78, 5) is 22.7. The molecule has 0 aromatic heterocycles. The summed E-state index contributed by atoms with van der Waals surface area (Å²) in [6.07, 6.45) is 0. The van der Waals surface area contributed by atoms with Crippen LogP contribution in [0.3, 0.4) is 0 Å². The van der Waals surface area contributed by atoms with Crippen LogP contribution in [0.4, 0.5) is 10.1 Å². The number of nitrogens with one attached hydrogen (secondary N) is 1. The van der Waals surface area contributed by atoms with Crippen LogP contribution < -0.4 is 11.1 Å². The maximum Gasteiger partial charge on any atom is 0.339 e. The molecule has 0 spiro atoms. The Hall–Kier alpha value is -1.95. The molecular formula is C11H13FN2O3. The molecule has 0 aliphatic carbocycles. The van der Waals surface area contributed by atoms with Crippen molar-refractivity contribution in [3.05, 3.63) is 29.6 Å². The first-order chi connectivity index (χ1) is 7.95. The van der Waals surface area contributed by atoms with Gasteiger partial charge in [-0.3, -0.25) is 4.79 Å². The van der Waals surface area contributed by atoms with Crippen LogP contribution in [0.25, 0.3) is 0 Å². The number of hydrogen-bond acceptors (Lipinski definition) is 4. The van der Waals surface area contributed by atoms with E-state index in [4.69, 9.17) is 5.73 Å². The highest BCUT2D eigenvalue weighted by molar-refractivity contribution is 6.02. The number of methoxy groups -OCH3 is 1. The van der Waals surface area contributed by atoms with Crippen molar-refractivity contribution in [2.24, 2.45) is 5.73 Å². The van der Waals surface area contributed by atoms with Gasteiger partial charge in [0.25, 0.3) is 0 Å². The first-order valence-electron chi connectivity index (χ1n) is 4.90. The van der Waals surface area contributed by atoms with Gasteiger partial charge in [0.15, 0.2) is 0 Å². The number of carbonyl (C=O) groups is 2. The van der Waals surface area contributed by atoms with E-state index in [0.29, 0.717) is 0 Å². The smallest absolute Gasteiger partial charge is 0.339 e. The lowest BCUT2D eigenvalue weighted by atomic mass is 10.1. The van der Waals surface area contributed by atoms with Gasteiger partial charge in [-0.15, -0.1) is 0 Å². The molecule has 92 valence electrons. The summed E-state index contributed by atoms with van der Waals surface area (Å²) in [6, 6.07) is 2.61. The highest BCUT2D eigenvalue weighted by Gasteiger charge is 2.16. The fourth-order valence-electron chi connectivity index (χ4n) is 1.15. The zero-order valence-electron chi connectivity index (χ0n) is 9.49. The number of halogens is 1. The number of carbonyl (C=O) groups excluding carboxylic acids is 2. The number of ether oxygens (including phenoxy) is 1. The van der Waals surface area contributed by atoms with Gasteiger partial charge < -0.3 is 15.8 Å². The molecule has 0 radical (unpaired) electrons. The van der Waals surface area contributed by atoms with Crippen molar-refractivity contribution in [3.63, 3.8) is 0 Å². The summed E-state index contributed by atoms with van der Waals surface area (Å²) in [6.45, 7) is 1.48. The van der Waals surface area contributed by atoms with E-state index in [9.17, 15) is 14.0 Å². The Balaban J connectivity index is 3.07. The van der Waals surface area contributed by atoms with Crippen molar-refractivity contribution in [2.45, 2.75) is 13.0 Å². The van der Waals surface area contributed by atoms with Crippen LogP contribution in [0.5, 0.6) is 0 Å². The molecule has 0 aliphatic rings. The number of amides is 1. The van der Waals surface area contributed by atoms with E-state index in [1.807, 2.05) is 0 Å². The summed E-state index contributed by atoms with van der Waals surface area (Å²) in [5.74, 6) is -1.75. The number of benzene rings is 1. The quantitative estimate of drug-likeness (QED) is 0.769. The normalized spacial score (nSPS) is 11.8. The molecule has 6 heteroatoms.